The smallest absolute Gasteiger partial charge is 0.297 e. The van der Waals surface area contributed by atoms with E-state index in [4.69, 9.17) is 11.6 Å². The third kappa shape index (κ3) is 2.70. The summed E-state index contributed by atoms with van der Waals surface area (Å²) in [5, 5.41) is 3.88. The van der Waals surface area contributed by atoms with Gasteiger partial charge in [-0.3, -0.25) is 14.3 Å². The van der Waals surface area contributed by atoms with Crippen molar-refractivity contribution < 1.29 is 0 Å². The number of rotatable bonds is 3. The van der Waals surface area contributed by atoms with Crippen molar-refractivity contribution in [2.75, 3.05) is 0 Å². The predicted molar refractivity (Wildman–Crippen MR) is 85.2 cm³/mol. The van der Waals surface area contributed by atoms with Crippen molar-refractivity contribution in [3.63, 3.8) is 0 Å². The SMILES string of the molecule is O=c1[nH]c(Cl)c(-c2ccccc2)c(=O)n1Cc1ccsc1. The number of H-pyrrole nitrogens is 1. The van der Waals surface area contributed by atoms with E-state index < -0.39 is 5.69 Å². The van der Waals surface area contributed by atoms with Crippen molar-refractivity contribution >= 4 is 22.9 Å². The Morgan fingerprint density at radius 1 is 1.14 bits per heavy atom. The van der Waals surface area contributed by atoms with Crippen molar-refractivity contribution in [1.29, 1.82) is 0 Å². The van der Waals surface area contributed by atoms with Crippen LogP contribution in [0.3, 0.4) is 0 Å². The maximum atomic E-state index is 12.6. The Bertz CT molecular complexity index is 867. The van der Waals surface area contributed by atoms with E-state index in [-0.39, 0.29) is 17.3 Å². The normalized spacial score (nSPS) is 10.7. The number of hydrogen-bond donors (Lipinski definition) is 1. The lowest BCUT2D eigenvalue weighted by atomic mass is 10.1. The number of benzene rings is 1. The van der Waals surface area contributed by atoms with E-state index in [1.165, 1.54) is 11.3 Å². The second-order valence-electron chi connectivity index (χ2n) is 4.51. The molecule has 2 aromatic heterocycles. The Hall–Kier alpha value is -2.11. The molecule has 0 radical (unpaired) electrons. The molecule has 0 saturated carbocycles. The molecule has 0 aliphatic carbocycles. The van der Waals surface area contributed by atoms with Crippen LogP contribution in [0.15, 0.2) is 56.7 Å². The van der Waals surface area contributed by atoms with E-state index in [1.807, 2.05) is 35.0 Å². The van der Waals surface area contributed by atoms with Crippen LogP contribution < -0.4 is 11.2 Å². The highest BCUT2D eigenvalue weighted by Gasteiger charge is 2.14. The molecule has 0 bridgehead atoms. The second-order valence-corrected chi connectivity index (χ2v) is 5.67. The first-order valence-electron chi connectivity index (χ1n) is 6.26. The first-order chi connectivity index (χ1) is 10.2. The number of thiophene rings is 1. The lowest BCUT2D eigenvalue weighted by molar-refractivity contribution is 0.703. The molecule has 106 valence electrons. The monoisotopic (exact) mass is 318 g/mol. The molecule has 0 fully saturated rings. The number of hydrogen-bond acceptors (Lipinski definition) is 3. The van der Waals surface area contributed by atoms with E-state index in [0.29, 0.717) is 11.1 Å². The molecule has 0 aliphatic rings. The fourth-order valence-corrected chi connectivity index (χ4v) is 3.04. The first-order valence-corrected chi connectivity index (χ1v) is 7.58. The molecule has 0 amide bonds. The first kappa shape index (κ1) is 13.9. The molecule has 0 spiro atoms. The molecule has 0 atom stereocenters. The molecule has 0 aliphatic heterocycles. The van der Waals surface area contributed by atoms with Crippen LogP contribution in [0.4, 0.5) is 0 Å². The summed E-state index contributed by atoms with van der Waals surface area (Å²) in [6, 6.07) is 10.9. The van der Waals surface area contributed by atoms with Gasteiger partial charge in [0.05, 0.1) is 12.1 Å². The Kier molecular flexibility index (Phi) is 3.77. The number of aromatic amines is 1. The number of nitrogens with zero attached hydrogens (tertiary/aromatic N) is 1. The minimum Gasteiger partial charge on any atom is -0.297 e. The lowest BCUT2D eigenvalue weighted by Crippen LogP contribution is -2.36. The fraction of sp³-hybridized carbons (Fsp3) is 0.0667. The van der Waals surface area contributed by atoms with Gasteiger partial charge in [-0.1, -0.05) is 41.9 Å². The zero-order chi connectivity index (χ0) is 14.8. The summed E-state index contributed by atoms with van der Waals surface area (Å²) in [6.07, 6.45) is 0. The quantitative estimate of drug-likeness (QED) is 0.755. The van der Waals surface area contributed by atoms with Gasteiger partial charge in [-0.2, -0.15) is 11.3 Å². The summed E-state index contributed by atoms with van der Waals surface area (Å²) in [4.78, 5) is 27.1. The Morgan fingerprint density at radius 3 is 2.57 bits per heavy atom. The standard InChI is InChI=1S/C15H11ClN2O2S/c16-13-12(11-4-2-1-3-5-11)14(19)18(15(20)17-13)8-10-6-7-21-9-10/h1-7,9H,8H2,(H,17,20). The van der Waals surface area contributed by atoms with E-state index in [1.54, 1.807) is 12.1 Å². The number of aromatic nitrogens is 2. The molecule has 0 unspecified atom stereocenters. The third-order valence-electron chi connectivity index (χ3n) is 3.12. The molecule has 4 nitrogen and oxygen atoms in total. The van der Waals surface area contributed by atoms with Gasteiger partial charge in [-0.25, -0.2) is 4.79 Å². The van der Waals surface area contributed by atoms with Crippen molar-refractivity contribution in [2.45, 2.75) is 6.54 Å². The molecule has 1 N–H and O–H groups in total. The van der Waals surface area contributed by atoms with Crippen LogP contribution in [0.5, 0.6) is 0 Å². The van der Waals surface area contributed by atoms with Gasteiger partial charge in [-0.05, 0) is 28.0 Å². The van der Waals surface area contributed by atoms with Gasteiger partial charge < -0.3 is 0 Å². The van der Waals surface area contributed by atoms with E-state index >= 15 is 0 Å². The van der Waals surface area contributed by atoms with Crippen LogP contribution in [0, 0.1) is 0 Å². The Morgan fingerprint density at radius 2 is 1.90 bits per heavy atom. The van der Waals surface area contributed by atoms with Crippen molar-refractivity contribution in [3.8, 4) is 11.1 Å². The summed E-state index contributed by atoms with van der Waals surface area (Å²) in [7, 11) is 0. The fourth-order valence-electron chi connectivity index (χ4n) is 2.11. The summed E-state index contributed by atoms with van der Waals surface area (Å²) >= 11 is 7.58. The molecule has 3 rings (SSSR count). The van der Waals surface area contributed by atoms with Crippen LogP contribution in [-0.2, 0) is 6.54 Å². The lowest BCUT2D eigenvalue weighted by Gasteiger charge is -2.08. The molecule has 3 aromatic rings. The maximum Gasteiger partial charge on any atom is 0.329 e. The van der Waals surface area contributed by atoms with Crippen LogP contribution >= 0.6 is 22.9 Å². The van der Waals surface area contributed by atoms with Crippen LogP contribution in [0.25, 0.3) is 11.1 Å². The Labute approximate surface area is 129 Å². The van der Waals surface area contributed by atoms with Gasteiger partial charge in [0.25, 0.3) is 5.56 Å². The highest BCUT2D eigenvalue weighted by Crippen LogP contribution is 2.21. The summed E-state index contributed by atoms with van der Waals surface area (Å²) in [5.74, 6) is 0. The van der Waals surface area contributed by atoms with Gasteiger partial charge in [-0.15, -0.1) is 0 Å². The Balaban J connectivity index is 2.19. The molecule has 6 heteroatoms. The molecular formula is C15H11ClN2O2S. The minimum atomic E-state index is -0.504. The van der Waals surface area contributed by atoms with Crippen LogP contribution in [0.2, 0.25) is 5.15 Å². The predicted octanol–water partition coefficient (Wildman–Crippen LogP) is 2.97. The van der Waals surface area contributed by atoms with E-state index in [2.05, 4.69) is 4.98 Å². The van der Waals surface area contributed by atoms with Gasteiger partial charge in [0, 0.05) is 0 Å². The largest absolute Gasteiger partial charge is 0.329 e. The van der Waals surface area contributed by atoms with E-state index in [0.717, 1.165) is 10.1 Å². The molecule has 1 aromatic carbocycles. The minimum absolute atomic E-state index is 0.0674. The van der Waals surface area contributed by atoms with E-state index in [9.17, 15) is 9.59 Å². The average Bonchev–Trinajstić information content (AvgIpc) is 2.97. The number of nitrogens with one attached hydrogen (secondary N) is 1. The zero-order valence-electron chi connectivity index (χ0n) is 10.9. The molecule has 2 heterocycles. The summed E-state index contributed by atoms with van der Waals surface area (Å²) in [5.41, 5.74) is 1.01. The molecule has 0 saturated heterocycles. The van der Waals surface area contributed by atoms with Crippen molar-refractivity contribution in [3.05, 3.63) is 78.7 Å². The highest BCUT2D eigenvalue weighted by molar-refractivity contribution is 7.07. The van der Waals surface area contributed by atoms with Gasteiger partial charge >= 0.3 is 5.69 Å². The second kappa shape index (κ2) is 5.71. The van der Waals surface area contributed by atoms with Gasteiger partial charge in [0.1, 0.15) is 5.15 Å². The van der Waals surface area contributed by atoms with Crippen molar-refractivity contribution in [2.24, 2.45) is 0 Å². The van der Waals surface area contributed by atoms with Gasteiger partial charge in [0.15, 0.2) is 0 Å². The topological polar surface area (TPSA) is 54.9 Å². The summed E-state index contributed by atoms with van der Waals surface area (Å²) in [6.45, 7) is 0.231. The highest BCUT2D eigenvalue weighted by atomic mass is 35.5. The average molecular weight is 319 g/mol. The van der Waals surface area contributed by atoms with Crippen LogP contribution in [-0.4, -0.2) is 9.55 Å². The zero-order valence-corrected chi connectivity index (χ0v) is 12.4. The maximum absolute atomic E-state index is 12.6. The van der Waals surface area contributed by atoms with Crippen LogP contribution in [0.1, 0.15) is 5.56 Å². The summed E-state index contributed by atoms with van der Waals surface area (Å²) < 4.78 is 1.16. The van der Waals surface area contributed by atoms with Crippen molar-refractivity contribution in [1.82, 2.24) is 9.55 Å². The number of halogens is 1. The molecule has 21 heavy (non-hydrogen) atoms. The molecular weight excluding hydrogens is 308 g/mol. The van der Waals surface area contributed by atoms with Gasteiger partial charge in [0.2, 0.25) is 0 Å². The third-order valence-corrected chi connectivity index (χ3v) is 4.14.